The fraction of sp³-hybridized carbons (Fsp3) is 0.640. The van der Waals surface area contributed by atoms with E-state index in [-0.39, 0.29) is 23.2 Å². The topological polar surface area (TPSA) is 26.3 Å². The van der Waals surface area contributed by atoms with Gasteiger partial charge >= 0.3 is 0 Å². The van der Waals surface area contributed by atoms with E-state index in [1.165, 1.54) is 23.1 Å². The Morgan fingerprint density at radius 1 is 0.889 bits per heavy atom. The fourth-order valence-electron chi connectivity index (χ4n) is 2.82. The minimum Gasteiger partial charge on any atom is -0.373 e. The maximum Gasteiger partial charge on any atom is 0.188 e. The molecule has 0 spiro atoms. The first-order chi connectivity index (χ1) is 12.4. The highest BCUT2D eigenvalue weighted by atomic mass is 16.5. The van der Waals surface area contributed by atoms with Crippen LogP contribution >= 0.6 is 0 Å². The highest BCUT2D eigenvalue weighted by molar-refractivity contribution is 5.97. The molecule has 0 amide bonds. The molecule has 0 atom stereocenters. The van der Waals surface area contributed by atoms with Gasteiger partial charge in [0, 0.05) is 12.2 Å². The van der Waals surface area contributed by atoms with E-state index in [9.17, 15) is 4.79 Å². The number of benzene rings is 1. The van der Waals surface area contributed by atoms with Gasteiger partial charge in [0.1, 0.15) is 6.61 Å². The zero-order valence-electron chi connectivity index (χ0n) is 18.9. The second-order valence-electron chi connectivity index (χ2n) is 9.91. The van der Waals surface area contributed by atoms with Crippen LogP contribution in [0.2, 0.25) is 0 Å². The summed E-state index contributed by atoms with van der Waals surface area (Å²) in [6.07, 6.45) is 6.76. The Hall–Kier alpha value is -1.41. The third-order valence-electron chi connectivity index (χ3n) is 4.77. The van der Waals surface area contributed by atoms with Crippen LogP contribution in [0.5, 0.6) is 0 Å². The number of ketones is 1. The first kappa shape index (κ1) is 23.6. The summed E-state index contributed by atoms with van der Waals surface area (Å²) in [5, 5.41) is 0. The van der Waals surface area contributed by atoms with Crippen molar-refractivity contribution >= 4 is 5.78 Å². The molecule has 152 valence electrons. The Balaban J connectivity index is 2.63. The molecule has 0 aliphatic rings. The number of hydrogen-bond donors (Lipinski definition) is 0. The third kappa shape index (κ3) is 8.88. The largest absolute Gasteiger partial charge is 0.373 e. The van der Waals surface area contributed by atoms with Crippen molar-refractivity contribution in [3.63, 3.8) is 0 Å². The molecule has 0 bridgehead atoms. The molecule has 0 saturated heterocycles. The molecule has 1 aromatic carbocycles. The summed E-state index contributed by atoms with van der Waals surface area (Å²) in [5.74, 6) is 0.0798. The average molecular weight is 373 g/mol. The van der Waals surface area contributed by atoms with Crippen LogP contribution in [0.3, 0.4) is 0 Å². The smallest absolute Gasteiger partial charge is 0.188 e. The number of rotatable bonds is 9. The molecular formula is C25H40O2. The summed E-state index contributed by atoms with van der Waals surface area (Å²) in [7, 11) is 0. The van der Waals surface area contributed by atoms with E-state index in [1.807, 2.05) is 12.1 Å². The first-order valence-corrected chi connectivity index (χ1v) is 10.3. The van der Waals surface area contributed by atoms with Crippen LogP contribution < -0.4 is 0 Å². The number of allylic oxidation sites excluding steroid dienone is 2. The number of carbonyl (C=O) groups excluding carboxylic acids is 1. The highest BCUT2D eigenvalue weighted by Crippen LogP contribution is 2.30. The molecule has 0 aliphatic carbocycles. The molecule has 0 radical (unpaired) electrons. The SMILES string of the molecule is CC(C)=CCCCCCOCC(=O)c1cc(C(C)(C)C)cc(C(C)(C)C)c1. The highest BCUT2D eigenvalue weighted by Gasteiger charge is 2.22. The lowest BCUT2D eigenvalue weighted by atomic mass is 9.79. The van der Waals surface area contributed by atoms with Crippen LogP contribution in [-0.2, 0) is 15.6 Å². The molecule has 0 N–H and O–H groups in total. The quantitative estimate of drug-likeness (QED) is 0.265. The predicted octanol–water partition coefficient (Wildman–Crippen LogP) is 7.01. The molecule has 0 aromatic heterocycles. The average Bonchev–Trinajstić information content (AvgIpc) is 2.54. The molecule has 0 fully saturated rings. The number of unbranched alkanes of at least 4 members (excludes halogenated alkanes) is 3. The van der Waals surface area contributed by atoms with Crippen molar-refractivity contribution in [1.82, 2.24) is 0 Å². The summed E-state index contributed by atoms with van der Waals surface area (Å²) >= 11 is 0. The zero-order valence-corrected chi connectivity index (χ0v) is 18.9. The minimum absolute atomic E-state index is 0.0163. The molecule has 0 unspecified atom stereocenters. The fourth-order valence-corrected chi connectivity index (χ4v) is 2.82. The summed E-state index contributed by atoms with van der Waals surface area (Å²) in [6.45, 7) is 18.2. The van der Waals surface area contributed by atoms with Crippen molar-refractivity contribution < 1.29 is 9.53 Å². The Morgan fingerprint density at radius 3 is 1.93 bits per heavy atom. The van der Waals surface area contributed by atoms with Gasteiger partial charge in [-0.1, -0.05) is 65.7 Å². The lowest BCUT2D eigenvalue weighted by molar-refractivity contribution is 0.0752. The summed E-state index contributed by atoms with van der Waals surface area (Å²) in [6, 6.07) is 6.32. The number of Topliss-reactive ketones (excluding diaryl/α,β-unsaturated/α-hetero) is 1. The van der Waals surface area contributed by atoms with Crippen molar-refractivity contribution in [2.75, 3.05) is 13.2 Å². The molecule has 1 aromatic rings. The summed E-state index contributed by atoms with van der Waals surface area (Å²) in [4.78, 5) is 12.7. The summed E-state index contributed by atoms with van der Waals surface area (Å²) in [5.41, 5.74) is 4.60. The maximum atomic E-state index is 12.7. The molecule has 0 heterocycles. The normalized spacial score (nSPS) is 12.1. The van der Waals surface area contributed by atoms with Gasteiger partial charge in [-0.2, -0.15) is 0 Å². The van der Waals surface area contributed by atoms with E-state index in [1.54, 1.807) is 0 Å². The molecular weight excluding hydrogens is 332 g/mol. The lowest BCUT2D eigenvalue weighted by Crippen LogP contribution is -2.19. The monoisotopic (exact) mass is 372 g/mol. The molecule has 0 aliphatic heterocycles. The Labute approximate surface area is 167 Å². The number of ether oxygens (including phenoxy) is 1. The van der Waals surface area contributed by atoms with Crippen molar-refractivity contribution in [2.45, 2.75) is 91.9 Å². The molecule has 1 rings (SSSR count). The molecule has 0 saturated carbocycles. The van der Waals surface area contributed by atoms with E-state index < -0.39 is 0 Å². The first-order valence-electron chi connectivity index (χ1n) is 10.3. The van der Waals surface area contributed by atoms with Gasteiger partial charge < -0.3 is 4.74 Å². The van der Waals surface area contributed by atoms with Gasteiger partial charge in [-0.05, 0) is 67.2 Å². The maximum absolute atomic E-state index is 12.7. The number of hydrogen-bond acceptors (Lipinski definition) is 2. The van der Waals surface area contributed by atoms with E-state index >= 15 is 0 Å². The Kier molecular flexibility index (Phi) is 8.94. The van der Waals surface area contributed by atoms with Crippen LogP contribution in [0.25, 0.3) is 0 Å². The predicted molar refractivity (Wildman–Crippen MR) is 117 cm³/mol. The Morgan fingerprint density at radius 2 is 1.44 bits per heavy atom. The van der Waals surface area contributed by atoms with E-state index in [0.29, 0.717) is 6.61 Å². The zero-order chi connectivity index (χ0) is 20.7. The molecule has 2 nitrogen and oxygen atoms in total. The van der Waals surface area contributed by atoms with Crippen molar-refractivity contribution in [3.8, 4) is 0 Å². The van der Waals surface area contributed by atoms with Crippen molar-refractivity contribution in [1.29, 1.82) is 0 Å². The van der Waals surface area contributed by atoms with Gasteiger partial charge in [0.25, 0.3) is 0 Å². The second kappa shape index (κ2) is 10.2. The van der Waals surface area contributed by atoms with Gasteiger partial charge in [-0.15, -0.1) is 0 Å². The van der Waals surface area contributed by atoms with Gasteiger partial charge in [0.2, 0.25) is 0 Å². The second-order valence-corrected chi connectivity index (χ2v) is 9.91. The van der Waals surface area contributed by atoms with Gasteiger partial charge in [-0.3, -0.25) is 4.79 Å². The van der Waals surface area contributed by atoms with E-state index in [4.69, 9.17) is 4.74 Å². The third-order valence-corrected chi connectivity index (χ3v) is 4.77. The van der Waals surface area contributed by atoms with Crippen LogP contribution in [0.4, 0.5) is 0 Å². The number of carbonyl (C=O) groups is 1. The van der Waals surface area contributed by atoms with Gasteiger partial charge in [0.05, 0.1) is 0 Å². The standard InChI is InChI=1S/C25H40O2/c1-19(2)13-11-9-10-12-14-27-18-23(26)20-15-21(24(3,4)5)17-22(16-20)25(6,7)8/h13,15-17H,9-12,14,18H2,1-8H3. The van der Waals surface area contributed by atoms with Crippen LogP contribution in [0.1, 0.15) is 103 Å². The van der Waals surface area contributed by atoms with Crippen molar-refractivity contribution in [3.05, 3.63) is 46.5 Å². The van der Waals surface area contributed by atoms with Gasteiger partial charge in [0.15, 0.2) is 5.78 Å². The van der Waals surface area contributed by atoms with Crippen molar-refractivity contribution in [2.24, 2.45) is 0 Å². The lowest BCUT2D eigenvalue weighted by Gasteiger charge is -2.26. The van der Waals surface area contributed by atoms with E-state index in [0.717, 1.165) is 24.8 Å². The van der Waals surface area contributed by atoms with E-state index in [2.05, 4.69) is 67.5 Å². The van der Waals surface area contributed by atoms with Gasteiger partial charge in [-0.25, -0.2) is 0 Å². The van der Waals surface area contributed by atoms with Crippen LogP contribution in [-0.4, -0.2) is 19.0 Å². The molecule has 27 heavy (non-hydrogen) atoms. The van der Waals surface area contributed by atoms with Crippen LogP contribution in [0, 0.1) is 0 Å². The minimum atomic E-state index is 0.0163. The summed E-state index contributed by atoms with van der Waals surface area (Å²) < 4.78 is 5.66. The Bertz CT molecular complexity index is 603. The van der Waals surface area contributed by atoms with Crippen LogP contribution in [0.15, 0.2) is 29.8 Å². The molecule has 2 heteroatoms.